The van der Waals surface area contributed by atoms with Crippen molar-refractivity contribution in [3.63, 3.8) is 0 Å². The molecule has 0 radical (unpaired) electrons. The lowest BCUT2D eigenvalue weighted by molar-refractivity contribution is 0.0497. The van der Waals surface area contributed by atoms with Gasteiger partial charge in [0, 0.05) is 64.6 Å². The molecule has 2 aliphatic heterocycles. The van der Waals surface area contributed by atoms with Gasteiger partial charge in [0.15, 0.2) is 0 Å². The highest BCUT2D eigenvalue weighted by molar-refractivity contribution is 5.40. The van der Waals surface area contributed by atoms with E-state index in [9.17, 15) is 5.11 Å². The van der Waals surface area contributed by atoms with Gasteiger partial charge in [0.25, 0.3) is 0 Å². The predicted molar refractivity (Wildman–Crippen MR) is 118 cm³/mol. The van der Waals surface area contributed by atoms with Crippen molar-refractivity contribution in [1.29, 1.82) is 0 Å². The zero-order chi connectivity index (χ0) is 21.3. The number of ether oxygens (including phenoxy) is 3. The van der Waals surface area contributed by atoms with Gasteiger partial charge in [0.1, 0.15) is 24.2 Å². The molecule has 0 aromatic heterocycles. The molecule has 0 spiro atoms. The number of β-amino-alcohol motifs (C(OH)–C–C–N with tert-alkyl or cyclic N) is 1. The lowest BCUT2D eigenvalue weighted by Gasteiger charge is -2.33. The molecule has 0 amide bonds. The summed E-state index contributed by atoms with van der Waals surface area (Å²) < 4.78 is 16.8. The Morgan fingerprint density at radius 1 is 1.03 bits per heavy atom. The minimum atomic E-state index is -0.503. The van der Waals surface area contributed by atoms with Gasteiger partial charge in [0.2, 0.25) is 0 Å². The smallest absolute Gasteiger partial charge is 0.127 e. The van der Waals surface area contributed by atoms with Gasteiger partial charge < -0.3 is 24.2 Å². The summed E-state index contributed by atoms with van der Waals surface area (Å²) >= 11 is 0. The molecule has 0 unspecified atom stereocenters. The van der Waals surface area contributed by atoms with E-state index in [0.29, 0.717) is 19.1 Å². The van der Waals surface area contributed by atoms with Crippen molar-refractivity contribution in [2.24, 2.45) is 5.92 Å². The van der Waals surface area contributed by atoms with Crippen LogP contribution in [0.1, 0.15) is 18.4 Å². The summed E-state index contributed by atoms with van der Waals surface area (Å²) in [6, 6.07) is 6.01. The molecule has 1 aromatic rings. The third-order valence-electron chi connectivity index (χ3n) is 6.27. The van der Waals surface area contributed by atoms with Gasteiger partial charge in [-0.15, -0.1) is 0 Å². The molecule has 170 valence electrons. The summed E-state index contributed by atoms with van der Waals surface area (Å²) in [7, 11) is 5.59. The van der Waals surface area contributed by atoms with Crippen LogP contribution in [0, 0.1) is 5.92 Å². The molecule has 7 heteroatoms. The number of likely N-dealkylation sites (N-methyl/N-ethyl adjacent to an activating group) is 1. The highest BCUT2D eigenvalue weighted by atomic mass is 16.5. The fraction of sp³-hybridized carbons (Fsp3) is 0.739. The van der Waals surface area contributed by atoms with Crippen LogP contribution in [0.4, 0.5) is 0 Å². The number of piperazine rings is 1. The van der Waals surface area contributed by atoms with E-state index < -0.39 is 6.10 Å². The number of aliphatic hydroxyl groups is 1. The van der Waals surface area contributed by atoms with Gasteiger partial charge in [0.05, 0.1) is 7.11 Å². The van der Waals surface area contributed by atoms with Crippen molar-refractivity contribution < 1.29 is 19.3 Å². The summed E-state index contributed by atoms with van der Waals surface area (Å²) in [5.74, 6) is 2.26. The number of hydrogen-bond donors (Lipinski definition) is 1. The Kier molecular flexibility index (Phi) is 9.21. The lowest BCUT2D eigenvalue weighted by Crippen LogP contribution is -2.47. The highest BCUT2D eigenvalue weighted by Crippen LogP contribution is 2.28. The normalized spacial score (nSPS) is 20.9. The van der Waals surface area contributed by atoms with E-state index >= 15 is 0 Å². The number of nitrogens with zero attached hydrogens (tertiary/aromatic N) is 3. The Morgan fingerprint density at radius 3 is 2.43 bits per heavy atom. The van der Waals surface area contributed by atoms with Crippen LogP contribution in [0.15, 0.2) is 18.2 Å². The number of piperidine rings is 1. The van der Waals surface area contributed by atoms with Gasteiger partial charge in [-0.2, -0.15) is 0 Å². The van der Waals surface area contributed by atoms with Gasteiger partial charge in [-0.1, -0.05) is 6.07 Å². The summed E-state index contributed by atoms with van der Waals surface area (Å²) in [6.45, 7) is 8.90. The predicted octanol–water partition coefficient (Wildman–Crippen LogP) is 1.54. The largest absolute Gasteiger partial charge is 0.497 e. The maximum absolute atomic E-state index is 10.5. The van der Waals surface area contributed by atoms with Crippen LogP contribution in [0.5, 0.6) is 11.5 Å². The van der Waals surface area contributed by atoms with E-state index in [2.05, 4.69) is 27.8 Å². The molecular formula is C23H39N3O4. The van der Waals surface area contributed by atoms with Crippen molar-refractivity contribution in [2.75, 3.05) is 80.3 Å². The molecule has 30 heavy (non-hydrogen) atoms. The molecule has 2 fully saturated rings. The minimum Gasteiger partial charge on any atom is -0.497 e. The molecule has 3 rings (SSSR count). The molecule has 2 heterocycles. The Hall–Kier alpha value is -1.38. The highest BCUT2D eigenvalue weighted by Gasteiger charge is 2.21. The molecule has 2 aliphatic rings. The first-order chi connectivity index (χ1) is 14.6. The van der Waals surface area contributed by atoms with Crippen molar-refractivity contribution in [3.05, 3.63) is 23.8 Å². The second kappa shape index (κ2) is 11.9. The van der Waals surface area contributed by atoms with Crippen LogP contribution in [0.25, 0.3) is 0 Å². The third kappa shape index (κ3) is 7.10. The quantitative estimate of drug-likeness (QED) is 0.615. The molecule has 0 saturated carbocycles. The molecule has 1 atom stereocenters. The first-order valence-electron chi connectivity index (χ1n) is 11.2. The summed E-state index contributed by atoms with van der Waals surface area (Å²) in [5.41, 5.74) is 1.15. The van der Waals surface area contributed by atoms with E-state index in [1.807, 2.05) is 12.1 Å². The lowest BCUT2D eigenvalue weighted by atomic mass is 9.97. The van der Waals surface area contributed by atoms with Crippen molar-refractivity contribution in [2.45, 2.75) is 25.5 Å². The summed E-state index contributed by atoms with van der Waals surface area (Å²) in [6.07, 6.45) is 1.84. The number of hydrogen-bond acceptors (Lipinski definition) is 7. The zero-order valence-electron chi connectivity index (χ0n) is 18.9. The SMILES string of the molecule is COCC1CCN(Cc2ccc(OC)cc2OC[C@@H](O)CN2CCN(C)CC2)CC1. The topological polar surface area (TPSA) is 57.6 Å². The van der Waals surface area contributed by atoms with E-state index in [1.165, 1.54) is 12.8 Å². The molecule has 0 bridgehead atoms. The maximum atomic E-state index is 10.5. The zero-order valence-corrected chi connectivity index (χ0v) is 18.9. The Bertz CT molecular complexity index is 629. The second-order valence-electron chi connectivity index (χ2n) is 8.72. The van der Waals surface area contributed by atoms with Crippen LogP contribution >= 0.6 is 0 Å². The van der Waals surface area contributed by atoms with Crippen LogP contribution < -0.4 is 9.47 Å². The molecule has 2 saturated heterocycles. The third-order valence-corrected chi connectivity index (χ3v) is 6.27. The Balaban J connectivity index is 1.53. The number of rotatable bonds is 10. The van der Waals surface area contributed by atoms with Crippen molar-refractivity contribution >= 4 is 0 Å². The van der Waals surface area contributed by atoms with Gasteiger partial charge in [-0.3, -0.25) is 9.80 Å². The van der Waals surface area contributed by atoms with Crippen LogP contribution in [-0.4, -0.2) is 106 Å². The summed E-state index contributed by atoms with van der Waals surface area (Å²) in [5, 5.41) is 10.5. The second-order valence-corrected chi connectivity index (χ2v) is 8.72. The summed E-state index contributed by atoms with van der Waals surface area (Å²) in [4.78, 5) is 7.10. The Morgan fingerprint density at radius 2 is 1.77 bits per heavy atom. The number of methoxy groups -OCH3 is 2. The minimum absolute atomic E-state index is 0.294. The Labute approximate surface area is 181 Å². The van der Waals surface area contributed by atoms with Crippen LogP contribution in [-0.2, 0) is 11.3 Å². The average molecular weight is 422 g/mol. The van der Waals surface area contributed by atoms with Gasteiger partial charge in [-0.05, 0) is 45.0 Å². The fourth-order valence-corrected chi connectivity index (χ4v) is 4.28. The fourth-order valence-electron chi connectivity index (χ4n) is 4.28. The molecule has 0 aliphatic carbocycles. The van der Waals surface area contributed by atoms with Crippen LogP contribution in [0.3, 0.4) is 0 Å². The van der Waals surface area contributed by atoms with Gasteiger partial charge in [-0.25, -0.2) is 0 Å². The monoisotopic (exact) mass is 421 g/mol. The maximum Gasteiger partial charge on any atom is 0.127 e. The molecule has 1 aromatic carbocycles. The first kappa shape index (κ1) is 23.3. The number of likely N-dealkylation sites (tertiary alicyclic amines) is 1. The van der Waals surface area contributed by atoms with E-state index in [4.69, 9.17) is 14.2 Å². The average Bonchev–Trinajstić information content (AvgIpc) is 2.76. The van der Waals surface area contributed by atoms with E-state index in [0.717, 1.165) is 69.5 Å². The van der Waals surface area contributed by atoms with E-state index in [1.54, 1.807) is 14.2 Å². The molecular weight excluding hydrogens is 382 g/mol. The number of aliphatic hydroxyl groups excluding tert-OH is 1. The van der Waals surface area contributed by atoms with E-state index in [-0.39, 0.29) is 0 Å². The standard InChI is InChI=1S/C23H39N3O4/c1-24-10-12-26(13-11-24)16-21(27)18-30-23-14-22(29-3)5-4-20(23)15-25-8-6-19(7-9-25)17-28-2/h4-5,14,19,21,27H,6-13,15-18H2,1-3H3/t21-/m0/s1. The first-order valence-corrected chi connectivity index (χ1v) is 11.2. The van der Waals surface area contributed by atoms with Crippen molar-refractivity contribution in [1.82, 2.24) is 14.7 Å². The van der Waals surface area contributed by atoms with Gasteiger partial charge >= 0.3 is 0 Å². The molecule has 1 N–H and O–H groups in total. The number of benzene rings is 1. The molecule has 7 nitrogen and oxygen atoms in total. The van der Waals surface area contributed by atoms with Crippen LogP contribution in [0.2, 0.25) is 0 Å². The van der Waals surface area contributed by atoms with Crippen molar-refractivity contribution in [3.8, 4) is 11.5 Å².